The molecule has 0 saturated heterocycles. The Labute approximate surface area is 108 Å². The summed E-state index contributed by atoms with van der Waals surface area (Å²) in [7, 11) is 0. The van der Waals surface area contributed by atoms with Crippen molar-refractivity contribution in [1.82, 2.24) is 5.32 Å². The van der Waals surface area contributed by atoms with Crippen LogP contribution in [-0.2, 0) is 6.18 Å². The fourth-order valence-electron chi connectivity index (χ4n) is 1.34. The summed E-state index contributed by atoms with van der Waals surface area (Å²) < 4.78 is 50.6. The second kappa shape index (κ2) is 5.59. The lowest BCUT2D eigenvalue weighted by Gasteiger charge is -2.18. The third-order valence-electron chi connectivity index (χ3n) is 2.89. The lowest BCUT2D eigenvalue weighted by molar-refractivity contribution is -0.140. The Morgan fingerprint density at radius 1 is 1.21 bits per heavy atom. The van der Waals surface area contributed by atoms with E-state index >= 15 is 0 Å². The van der Waals surface area contributed by atoms with Crippen LogP contribution in [0.25, 0.3) is 0 Å². The molecule has 0 saturated carbocycles. The average molecular weight is 277 g/mol. The largest absolute Gasteiger partial charge is 0.419 e. The molecule has 0 aliphatic rings. The minimum Gasteiger partial charge on any atom is -0.349 e. The number of carbonyl (C=O) groups excluding carboxylic acids is 1. The van der Waals surface area contributed by atoms with Gasteiger partial charge in [0.15, 0.2) is 0 Å². The van der Waals surface area contributed by atoms with Gasteiger partial charge in [-0.25, -0.2) is 4.39 Å². The minimum atomic E-state index is -4.82. The molecular formula is C13H15F4NO. The van der Waals surface area contributed by atoms with E-state index < -0.39 is 23.5 Å². The predicted octanol–water partition coefficient (Wildman–Crippen LogP) is 3.62. The summed E-state index contributed by atoms with van der Waals surface area (Å²) in [6.45, 7) is 5.49. The molecule has 1 aromatic rings. The van der Waals surface area contributed by atoms with Crippen LogP contribution in [-0.4, -0.2) is 11.9 Å². The first-order valence-corrected chi connectivity index (χ1v) is 5.80. The standard InChI is InChI=1S/C13H15F4NO/c1-7(2)8(3)18-12(19)9-4-5-11(14)10(6-9)13(15,16)17/h4-8H,1-3H3,(H,18,19). The Bertz CT molecular complexity index is 468. The molecule has 1 atom stereocenters. The lowest BCUT2D eigenvalue weighted by Crippen LogP contribution is -2.36. The monoisotopic (exact) mass is 277 g/mol. The van der Waals surface area contributed by atoms with Gasteiger partial charge in [-0.05, 0) is 31.0 Å². The first-order valence-electron chi connectivity index (χ1n) is 5.80. The van der Waals surface area contributed by atoms with E-state index in [1.165, 1.54) is 0 Å². The molecular weight excluding hydrogens is 262 g/mol. The lowest BCUT2D eigenvalue weighted by atomic mass is 10.0. The van der Waals surface area contributed by atoms with Gasteiger partial charge < -0.3 is 5.32 Å². The van der Waals surface area contributed by atoms with Crippen molar-refractivity contribution in [3.8, 4) is 0 Å². The number of hydrogen-bond donors (Lipinski definition) is 1. The maximum Gasteiger partial charge on any atom is 0.419 e. The molecule has 19 heavy (non-hydrogen) atoms. The van der Waals surface area contributed by atoms with E-state index in [9.17, 15) is 22.4 Å². The van der Waals surface area contributed by atoms with E-state index in [4.69, 9.17) is 0 Å². The molecule has 0 spiro atoms. The third-order valence-corrected chi connectivity index (χ3v) is 2.89. The molecule has 106 valence electrons. The van der Waals surface area contributed by atoms with Crippen molar-refractivity contribution < 1.29 is 22.4 Å². The number of benzene rings is 1. The summed E-state index contributed by atoms with van der Waals surface area (Å²) in [5, 5.41) is 2.57. The Balaban J connectivity index is 3.00. The van der Waals surface area contributed by atoms with Crippen molar-refractivity contribution in [2.24, 2.45) is 5.92 Å². The van der Waals surface area contributed by atoms with E-state index in [0.717, 1.165) is 6.07 Å². The van der Waals surface area contributed by atoms with Crippen LogP contribution in [0.2, 0.25) is 0 Å². The Hall–Kier alpha value is -1.59. The van der Waals surface area contributed by atoms with E-state index in [1.807, 2.05) is 13.8 Å². The molecule has 0 aromatic heterocycles. The summed E-state index contributed by atoms with van der Waals surface area (Å²) in [6.07, 6.45) is -4.82. The van der Waals surface area contributed by atoms with Crippen LogP contribution in [0.1, 0.15) is 36.7 Å². The topological polar surface area (TPSA) is 29.1 Å². The highest BCUT2D eigenvalue weighted by Crippen LogP contribution is 2.31. The fraction of sp³-hybridized carbons (Fsp3) is 0.462. The van der Waals surface area contributed by atoms with Crippen LogP contribution in [0.15, 0.2) is 18.2 Å². The van der Waals surface area contributed by atoms with E-state index in [-0.39, 0.29) is 17.5 Å². The number of halogens is 4. The van der Waals surface area contributed by atoms with Gasteiger partial charge in [-0.2, -0.15) is 13.2 Å². The first kappa shape index (κ1) is 15.5. The summed E-state index contributed by atoms with van der Waals surface area (Å²) in [4.78, 5) is 11.7. The molecule has 0 radical (unpaired) electrons. The molecule has 1 unspecified atom stereocenters. The minimum absolute atomic E-state index is 0.145. The van der Waals surface area contributed by atoms with Crippen molar-refractivity contribution in [2.75, 3.05) is 0 Å². The molecule has 0 fully saturated rings. The molecule has 1 aromatic carbocycles. The highest BCUT2D eigenvalue weighted by Gasteiger charge is 2.34. The maximum absolute atomic E-state index is 13.1. The van der Waals surface area contributed by atoms with Crippen LogP contribution in [0.4, 0.5) is 17.6 Å². The normalized spacial score (nSPS) is 13.5. The Morgan fingerprint density at radius 3 is 2.26 bits per heavy atom. The highest BCUT2D eigenvalue weighted by molar-refractivity contribution is 5.94. The van der Waals surface area contributed by atoms with Gasteiger partial charge in [0.1, 0.15) is 5.82 Å². The number of alkyl halides is 3. The van der Waals surface area contributed by atoms with Gasteiger partial charge in [-0.1, -0.05) is 13.8 Å². The predicted molar refractivity (Wildman–Crippen MR) is 63.2 cm³/mol. The summed E-state index contributed by atoms with van der Waals surface area (Å²) in [5.41, 5.74) is -1.64. The summed E-state index contributed by atoms with van der Waals surface area (Å²) >= 11 is 0. The number of hydrogen-bond acceptors (Lipinski definition) is 1. The van der Waals surface area contributed by atoms with Gasteiger partial charge in [0.25, 0.3) is 5.91 Å². The second-order valence-electron chi connectivity index (χ2n) is 4.70. The SMILES string of the molecule is CC(C)C(C)NC(=O)c1ccc(F)c(C(F)(F)F)c1. The number of rotatable bonds is 3. The number of amides is 1. The van der Waals surface area contributed by atoms with Crippen molar-refractivity contribution >= 4 is 5.91 Å². The maximum atomic E-state index is 13.1. The average Bonchev–Trinajstić information content (AvgIpc) is 2.27. The molecule has 1 rings (SSSR count). The Kier molecular flexibility index (Phi) is 4.55. The second-order valence-corrected chi connectivity index (χ2v) is 4.70. The van der Waals surface area contributed by atoms with Crippen molar-refractivity contribution in [3.63, 3.8) is 0 Å². The molecule has 0 aliphatic heterocycles. The molecule has 0 bridgehead atoms. The van der Waals surface area contributed by atoms with E-state index in [2.05, 4.69) is 5.32 Å². The highest BCUT2D eigenvalue weighted by atomic mass is 19.4. The Morgan fingerprint density at radius 2 is 1.79 bits per heavy atom. The zero-order chi connectivity index (χ0) is 14.8. The van der Waals surface area contributed by atoms with Crippen molar-refractivity contribution in [2.45, 2.75) is 33.0 Å². The fourth-order valence-corrected chi connectivity index (χ4v) is 1.34. The first-order chi connectivity index (χ1) is 8.62. The van der Waals surface area contributed by atoms with Crippen molar-refractivity contribution in [1.29, 1.82) is 0 Å². The van der Waals surface area contributed by atoms with Crippen molar-refractivity contribution in [3.05, 3.63) is 35.1 Å². The van der Waals surface area contributed by atoms with Crippen LogP contribution >= 0.6 is 0 Å². The van der Waals surface area contributed by atoms with E-state index in [0.29, 0.717) is 12.1 Å². The van der Waals surface area contributed by atoms with Gasteiger partial charge in [0.2, 0.25) is 0 Å². The summed E-state index contributed by atoms with van der Waals surface area (Å²) in [5.74, 6) is -1.89. The summed E-state index contributed by atoms with van der Waals surface area (Å²) in [6, 6.07) is 2.02. The van der Waals surface area contributed by atoms with Crippen LogP contribution in [0.3, 0.4) is 0 Å². The molecule has 6 heteroatoms. The zero-order valence-electron chi connectivity index (χ0n) is 10.8. The molecule has 1 N–H and O–H groups in total. The molecule has 0 heterocycles. The smallest absolute Gasteiger partial charge is 0.349 e. The number of carbonyl (C=O) groups is 1. The molecule has 1 amide bonds. The van der Waals surface area contributed by atoms with Gasteiger partial charge >= 0.3 is 6.18 Å². The van der Waals surface area contributed by atoms with Crippen LogP contribution < -0.4 is 5.32 Å². The van der Waals surface area contributed by atoms with E-state index in [1.54, 1.807) is 6.92 Å². The van der Waals surface area contributed by atoms with Gasteiger partial charge in [0, 0.05) is 11.6 Å². The zero-order valence-corrected chi connectivity index (χ0v) is 10.8. The van der Waals surface area contributed by atoms with Crippen LogP contribution in [0.5, 0.6) is 0 Å². The molecule has 2 nitrogen and oxygen atoms in total. The van der Waals surface area contributed by atoms with Gasteiger partial charge in [0.05, 0.1) is 5.56 Å². The van der Waals surface area contributed by atoms with Crippen LogP contribution in [0, 0.1) is 11.7 Å². The van der Waals surface area contributed by atoms with Gasteiger partial charge in [-0.15, -0.1) is 0 Å². The molecule has 0 aliphatic carbocycles. The van der Waals surface area contributed by atoms with Gasteiger partial charge in [-0.3, -0.25) is 4.79 Å². The quantitative estimate of drug-likeness (QED) is 0.840. The number of nitrogens with one attached hydrogen (secondary N) is 1. The third kappa shape index (κ3) is 3.94.